The number of halogens is 3. The third-order valence-corrected chi connectivity index (χ3v) is 3.76. The minimum atomic E-state index is -4.42. The van der Waals surface area contributed by atoms with Crippen LogP contribution in [-0.2, 0) is 9.53 Å². The molecule has 1 aliphatic heterocycles. The largest absolute Gasteiger partial charge is 0.484 e. The second kappa shape index (κ2) is 6.76. The predicted octanol–water partition coefficient (Wildman–Crippen LogP) is 2.38. The Morgan fingerprint density at radius 3 is 2.65 bits per heavy atom. The number of carbonyl (C=O) groups excluding carboxylic acids is 1. The molecule has 0 saturated carbocycles. The summed E-state index contributed by atoms with van der Waals surface area (Å²) < 4.78 is 46.7. The maximum Gasteiger partial charge on any atom is 0.422 e. The summed E-state index contributed by atoms with van der Waals surface area (Å²) in [5.74, 6) is -0.310. The summed E-state index contributed by atoms with van der Waals surface area (Å²) in [7, 11) is 0. The molecule has 1 aromatic carbocycles. The molecule has 0 bridgehead atoms. The summed E-state index contributed by atoms with van der Waals surface area (Å²) in [4.78, 5) is 12.4. The number of nitrogens with one attached hydrogen (secondary N) is 1. The molecule has 5 nitrogen and oxygen atoms in total. The molecular weight excluding hydrogens is 313 g/mol. The molecule has 1 saturated heterocycles. The van der Waals surface area contributed by atoms with Crippen molar-refractivity contribution in [2.75, 3.05) is 25.1 Å². The van der Waals surface area contributed by atoms with E-state index in [1.807, 2.05) is 0 Å². The Bertz CT molecular complexity index is 570. The fraction of sp³-hybridized carbons (Fsp3) is 0.533. The molecule has 0 radical (unpaired) electrons. The number of carbonyl (C=O) groups is 1. The van der Waals surface area contributed by atoms with E-state index in [9.17, 15) is 18.0 Å². The van der Waals surface area contributed by atoms with Gasteiger partial charge in [-0.25, -0.2) is 0 Å². The van der Waals surface area contributed by atoms with Crippen molar-refractivity contribution in [2.24, 2.45) is 5.73 Å². The van der Waals surface area contributed by atoms with Crippen molar-refractivity contribution >= 4 is 11.6 Å². The molecule has 1 aliphatic rings. The summed E-state index contributed by atoms with van der Waals surface area (Å²) >= 11 is 0. The average Bonchev–Trinajstić information content (AvgIpc) is 2.48. The van der Waals surface area contributed by atoms with Gasteiger partial charge in [-0.1, -0.05) is 6.07 Å². The first-order valence-electron chi connectivity index (χ1n) is 7.18. The Hall–Kier alpha value is -1.80. The summed E-state index contributed by atoms with van der Waals surface area (Å²) in [5.41, 5.74) is 5.85. The zero-order valence-corrected chi connectivity index (χ0v) is 12.7. The summed E-state index contributed by atoms with van der Waals surface area (Å²) in [5, 5.41) is 2.68. The van der Waals surface area contributed by atoms with E-state index in [0.717, 1.165) is 0 Å². The number of ether oxygens (including phenoxy) is 2. The van der Waals surface area contributed by atoms with E-state index in [2.05, 4.69) is 5.32 Å². The molecule has 0 aliphatic carbocycles. The first-order valence-corrected chi connectivity index (χ1v) is 7.18. The first-order chi connectivity index (χ1) is 10.7. The minimum absolute atomic E-state index is 0.0678. The highest BCUT2D eigenvalue weighted by Crippen LogP contribution is 2.28. The second-order valence-corrected chi connectivity index (χ2v) is 5.56. The number of hydrogen-bond acceptors (Lipinski definition) is 4. The minimum Gasteiger partial charge on any atom is -0.484 e. The molecule has 8 heteroatoms. The van der Waals surface area contributed by atoms with Gasteiger partial charge in [0.15, 0.2) is 6.61 Å². The molecule has 1 heterocycles. The lowest BCUT2D eigenvalue weighted by atomic mass is 9.90. The standard InChI is InChI=1S/C15H19F3N2O3/c1-10-11(3-2-4-12(10)23-9-15(16,17)18)20-13(21)14(19)5-7-22-8-6-14/h2-4H,5-9,19H2,1H3,(H,20,21). The normalized spacial score (nSPS) is 17.6. The molecule has 128 valence electrons. The van der Waals surface area contributed by atoms with Crippen molar-refractivity contribution in [3.8, 4) is 5.75 Å². The van der Waals surface area contributed by atoms with Crippen LogP contribution in [0.2, 0.25) is 0 Å². The fourth-order valence-corrected chi connectivity index (χ4v) is 2.28. The van der Waals surface area contributed by atoms with E-state index in [1.165, 1.54) is 12.1 Å². The van der Waals surface area contributed by atoms with Gasteiger partial charge in [0.25, 0.3) is 0 Å². The van der Waals surface area contributed by atoms with Crippen LogP contribution in [0.4, 0.5) is 18.9 Å². The monoisotopic (exact) mass is 332 g/mol. The molecule has 1 amide bonds. The van der Waals surface area contributed by atoms with Crippen LogP contribution in [0.1, 0.15) is 18.4 Å². The smallest absolute Gasteiger partial charge is 0.422 e. The average molecular weight is 332 g/mol. The molecule has 2 rings (SSSR count). The summed E-state index contributed by atoms with van der Waals surface area (Å²) in [6, 6.07) is 4.53. The highest BCUT2D eigenvalue weighted by atomic mass is 19.4. The third kappa shape index (κ3) is 4.59. The fourth-order valence-electron chi connectivity index (χ4n) is 2.28. The number of rotatable bonds is 4. The van der Waals surface area contributed by atoms with Gasteiger partial charge in [0.2, 0.25) is 5.91 Å². The topological polar surface area (TPSA) is 73.6 Å². The molecule has 3 N–H and O–H groups in total. The maximum atomic E-state index is 12.4. The van der Waals surface area contributed by atoms with Crippen LogP contribution in [-0.4, -0.2) is 37.4 Å². The lowest BCUT2D eigenvalue weighted by molar-refractivity contribution is -0.153. The molecular formula is C15H19F3N2O3. The van der Waals surface area contributed by atoms with Gasteiger partial charge in [-0.3, -0.25) is 4.79 Å². The van der Waals surface area contributed by atoms with Gasteiger partial charge >= 0.3 is 6.18 Å². The van der Waals surface area contributed by atoms with E-state index in [-0.39, 0.29) is 11.7 Å². The van der Waals surface area contributed by atoms with E-state index < -0.39 is 18.3 Å². The van der Waals surface area contributed by atoms with Crippen molar-refractivity contribution in [3.63, 3.8) is 0 Å². The summed E-state index contributed by atoms with van der Waals surface area (Å²) in [6.45, 7) is 0.993. The van der Waals surface area contributed by atoms with Gasteiger partial charge in [0.1, 0.15) is 11.3 Å². The van der Waals surface area contributed by atoms with Gasteiger partial charge in [-0.15, -0.1) is 0 Å². The first kappa shape index (κ1) is 17.6. The Balaban J connectivity index is 2.09. The van der Waals surface area contributed by atoms with E-state index >= 15 is 0 Å². The van der Waals surface area contributed by atoms with Gasteiger partial charge < -0.3 is 20.5 Å². The molecule has 23 heavy (non-hydrogen) atoms. The van der Waals surface area contributed by atoms with Crippen molar-refractivity contribution in [3.05, 3.63) is 23.8 Å². The Labute approximate surface area is 131 Å². The quantitative estimate of drug-likeness (QED) is 0.888. The van der Waals surface area contributed by atoms with Crippen LogP contribution in [0.5, 0.6) is 5.75 Å². The van der Waals surface area contributed by atoms with Gasteiger partial charge in [0.05, 0.1) is 0 Å². The number of hydrogen-bond donors (Lipinski definition) is 2. The van der Waals surface area contributed by atoms with Crippen LogP contribution >= 0.6 is 0 Å². The molecule has 0 unspecified atom stereocenters. The molecule has 0 atom stereocenters. The molecule has 0 aromatic heterocycles. The molecule has 1 aromatic rings. The van der Waals surface area contributed by atoms with Crippen LogP contribution < -0.4 is 15.8 Å². The van der Waals surface area contributed by atoms with E-state index in [4.69, 9.17) is 15.2 Å². The van der Waals surface area contributed by atoms with Crippen molar-refractivity contribution in [1.29, 1.82) is 0 Å². The SMILES string of the molecule is Cc1c(NC(=O)C2(N)CCOCC2)cccc1OCC(F)(F)F. The van der Waals surface area contributed by atoms with Crippen LogP contribution in [0.15, 0.2) is 18.2 Å². The highest BCUT2D eigenvalue weighted by Gasteiger charge is 2.36. The van der Waals surface area contributed by atoms with Crippen LogP contribution in [0, 0.1) is 6.92 Å². The van der Waals surface area contributed by atoms with E-state index in [1.54, 1.807) is 13.0 Å². The molecule has 0 spiro atoms. The number of nitrogens with two attached hydrogens (primary N) is 1. The number of amides is 1. The number of benzene rings is 1. The van der Waals surface area contributed by atoms with Gasteiger partial charge in [-0.05, 0) is 31.9 Å². The number of anilines is 1. The molecule has 1 fully saturated rings. The Morgan fingerprint density at radius 2 is 2.04 bits per heavy atom. The van der Waals surface area contributed by atoms with Crippen molar-refractivity contribution in [1.82, 2.24) is 0 Å². The maximum absolute atomic E-state index is 12.4. The second-order valence-electron chi connectivity index (χ2n) is 5.56. The van der Waals surface area contributed by atoms with Crippen LogP contribution in [0.25, 0.3) is 0 Å². The highest BCUT2D eigenvalue weighted by molar-refractivity contribution is 5.98. The lowest BCUT2D eigenvalue weighted by Crippen LogP contribution is -2.54. The van der Waals surface area contributed by atoms with Gasteiger partial charge in [-0.2, -0.15) is 13.2 Å². The third-order valence-electron chi connectivity index (χ3n) is 3.76. The Kier molecular flexibility index (Phi) is 5.16. The number of alkyl halides is 3. The predicted molar refractivity (Wildman–Crippen MR) is 78.3 cm³/mol. The zero-order valence-electron chi connectivity index (χ0n) is 12.7. The zero-order chi connectivity index (χ0) is 17.1. The Morgan fingerprint density at radius 1 is 1.39 bits per heavy atom. The van der Waals surface area contributed by atoms with E-state index in [0.29, 0.717) is 37.3 Å². The van der Waals surface area contributed by atoms with Crippen molar-refractivity contribution in [2.45, 2.75) is 31.5 Å². The summed E-state index contributed by atoms with van der Waals surface area (Å²) in [6.07, 6.45) is -3.64. The van der Waals surface area contributed by atoms with Gasteiger partial charge in [0, 0.05) is 24.5 Å². The van der Waals surface area contributed by atoms with Crippen LogP contribution in [0.3, 0.4) is 0 Å². The lowest BCUT2D eigenvalue weighted by Gasteiger charge is -2.32. The van der Waals surface area contributed by atoms with Crippen molar-refractivity contribution < 1.29 is 27.4 Å².